The normalized spacial score (nSPS) is 11.2. The first kappa shape index (κ1) is 20.5. The van der Waals surface area contributed by atoms with Gasteiger partial charge < -0.3 is 4.57 Å². The maximum absolute atomic E-state index is 12.3. The van der Waals surface area contributed by atoms with Crippen LogP contribution in [0.15, 0.2) is 28.7 Å². The van der Waals surface area contributed by atoms with Gasteiger partial charge in [-0.05, 0) is 37.1 Å². The van der Waals surface area contributed by atoms with Crippen LogP contribution in [0.3, 0.4) is 0 Å². The molecule has 1 aromatic carbocycles. The largest absolute Gasteiger partial charge is 0.309 e. The van der Waals surface area contributed by atoms with E-state index in [1.54, 1.807) is 23.6 Å². The van der Waals surface area contributed by atoms with Crippen LogP contribution >= 0.6 is 23.1 Å². The lowest BCUT2D eigenvalue weighted by atomic mass is 10.1. The Morgan fingerprint density at radius 1 is 1.25 bits per heavy atom. The summed E-state index contributed by atoms with van der Waals surface area (Å²) in [7, 11) is 1.99. The van der Waals surface area contributed by atoms with E-state index in [9.17, 15) is 4.79 Å². The third kappa shape index (κ3) is 4.28. The van der Waals surface area contributed by atoms with Gasteiger partial charge in [0.15, 0.2) is 10.3 Å². The van der Waals surface area contributed by atoms with E-state index in [0.717, 1.165) is 27.9 Å². The number of aromatic nitrogens is 4. The second kappa shape index (κ2) is 8.45. The standard InChI is InChI=1S/C20H25N5OS2/c1-12(2)18-22-23-20(24(18)6)28-11-16-10-27-19(21-16)25(15(5)26)17-8-7-13(3)14(4)9-17/h7-10,12H,11H2,1-6H3. The van der Waals surface area contributed by atoms with Crippen LogP contribution in [0.4, 0.5) is 10.8 Å². The molecule has 0 spiro atoms. The van der Waals surface area contributed by atoms with Gasteiger partial charge in [-0.3, -0.25) is 9.69 Å². The predicted molar refractivity (Wildman–Crippen MR) is 116 cm³/mol. The highest BCUT2D eigenvalue weighted by molar-refractivity contribution is 7.98. The van der Waals surface area contributed by atoms with Crippen LogP contribution < -0.4 is 4.90 Å². The Balaban J connectivity index is 1.78. The van der Waals surface area contributed by atoms with E-state index in [0.29, 0.717) is 16.8 Å². The molecule has 1 amide bonds. The van der Waals surface area contributed by atoms with E-state index in [1.165, 1.54) is 16.9 Å². The molecule has 3 rings (SSSR count). The number of carbonyl (C=O) groups excluding carboxylic acids is 1. The summed E-state index contributed by atoms with van der Waals surface area (Å²) >= 11 is 3.08. The fourth-order valence-corrected chi connectivity index (χ4v) is 4.65. The van der Waals surface area contributed by atoms with Gasteiger partial charge in [-0.15, -0.1) is 21.5 Å². The summed E-state index contributed by atoms with van der Waals surface area (Å²) in [6.07, 6.45) is 0. The highest BCUT2D eigenvalue weighted by Crippen LogP contribution is 2.32. The van der Waals surface area contributed by atoms with E-state index in [2.05, 4.69) is 31.0 Å². The Morgan fingerprint density at radius 3 is 2.61 bits per heavy atom. The van der Waals surface area contributed by atoms with Gasteiger partial charge in [0.25, 0.3) is 0 Å². The molecule has 3 aromatic rings. The van der Waals surface area contributed by atoms with Gasteiger partial charge in [-0.2, -0.15) is 0 Å². The van der Waals surface area contributed by atoms with Crippen LogP contribution in [-0.4, -0.2) is 25.7 Å². The Hall–Kier alpha value is -2.19. The van der Waals surface area contributed by atoms with Gasteiger partial charge in [0.2, 0.25) is 5.91 Å². The summed E-state index contributed by atoms with van der Waals surface area (Å²) in [6.45, 7) is 9.89. The van der Waals surface area contributed by atoms with Crippen LogP contribution in [0, 0.1) is 13.8 Å². The number of hydrogen-bond donors (Lipinski definition) is 0. The molecular formula is C20H25N5OS2. The number of anilines is 2. The molecule has 0 aliphatic carbocycles. The van der Waals surface area contributed by atoms with Crippen LogP contribution in [0.2, 0.25) is 0 Å². The fourth-order valence-electron chi connectivity index (χ4n) is 2.85. The Bertz CT molecular complexity index is 992. The molecule has 148 valence electrons. The van der Waals surface area contributed by atoms with Crippen molar-refractivity contribution in [1.29, 1.82) is 0 Å². The molecule has 28 heavy (non-hydrogen) atoms. The van der Waals surface area contributed by atoms with Crippen molar-refractivity contribution < 1.29 is 4.79 Å². The number of carbonyl (C=O) groups is 1. The molecule has 2 aromatic heterocycles. The lowest BCUT2D eigenvalue weighted by molar-refractivity contribution is -0.115. The molecule has 0 atom stereocenters. The topological polar surface area (TPSA) is 63.9 Å². The molecule has 0 saturated heterocycles. The van der Waals surface area contributed by atoms with Crippen LogP contribution in [0.1, 0.15) is 49.3 Å². The second-order valence-corrected chi connectivity index (χ2v) is 8.87. The van der Waals surface area contributed by atoms with Crippen molar-refractivity contribution in [3.63, 3.8) is 0 Å². The summed E-state index contributed by atoms with van der Waals surface area (Å²) in [5, 5.41) is 12.1. The summed E-state index contributed by atoms with van der Waals surface area (Å²) in [6, 6.07) is 6.03. The quantitative estimate of drug-likeness (QED) is 0.531. The summed E-state index contributed by atoms with van der Waals surface area (Å²) < 4.78 is 2.03. The number of aryl methyl sites for hydroxylation is 2. The lowest BCUT2D eigenvalue weighted by Crippen LogP contribution is -2.22. The maximum Gasteiger partial charge on any atom is 0.230 e. The molecule has 0 saturated carbocycles. The average Bonchev–Trinajstić information content (AvgIpc) is 3.23. The van der Waals surface area contributed by atoms with E-state index in [-0.39, 0.29) is 5.91 Å². The lowest BCUT2D eigenvalue weighted by Gasteiger charge is -2.19. The molecular weight excluding hydrogens is 390 g/mol. The van der Waals surface area contributed by atoms with Crippen molar-refractivity contribution in [2.24, 2.45) is 7.05 Å². The van der Waals surface area contributed by atoms with E-state index in [1.807, 2.05) is 42.1 Å². The first-order valence-electron chi connectivity index (χ1n) is 9.12. The molecule has 0 bridgehead atoms. The molecule has 6 nitrogen and oxygen atoms in total. The number of rotatable bonds is 6. The molecule has 2 heterocycles. The Morgan fingerprint density at radius 2 is 2.00 bits per heavy atom. The van der Waals surface area contributed by atoms with Crippen molar-refractivity contribution in [2.75, 3.05) is 4.90 Å². The van der Waals surface area contributed by atoms with Crippen molar-refractivity contribution in [1.82, 2.24) is 19.7 Å². The van der Waals surface area contributed by atoms with Gasteiger partial charge in [0, 0.05) is 31.0 Å². The monoisotopic (exact) mass is 415 g/mol. The predicted octanol–water partition coefficient (Wildman–Crippen LogP) is 4.99. The maximum atomic E-state index is 12.3. The highest BCUT2D eigenvalue weighted by atomic mass is 32.2. The molecule has 0 radical (unpaired) electrons. The van der Waals surface area contributed by atoms with Crippen LogP contribution in [0.5, 0.6) is 0 Å². The number of nitrogens with zero attached hydrogens (tertiary/aromatic N) is 5. The third-order valence-electron chi connectivity index (χ3n) is 4.53. The smallest absolute Gasteiger partial charge is 0.230 e. The zero-order valence-electron chi connectivity index (χ0n) is 17.1. The van der Waals surface area contributed by atoms with Crippen molar-refractivity contribution in [3.05, 3.63) is 46.2 Å². The fraction of sp³-hybridized carbons (Fsp3) is 0.400. The SMILES string of the molecule is CC(=O)N(c1ccc(C)c(C)c1)c1nc(CSc2nnc(C(C)C)n2C)cs1. The molecule has 8 heteroatoms. The van der Waals surface area contributed by atoms with Gasteiger partial charge in [0.05, 0.1) is 11.4 Å². The van der Waals surface area contributed by atoms with Gasteiger partial charge >= 0.3 is 0 Å². The first-order chi connectivity index (χ1) is 13.3. The summed E-state index contributed by atoms with van der Waals surface area (Å²) in [4.78, 5) is 18.7. The zero-order chi connectivity index (χ0) is 20.4. The minimum Gasteiger partial charge on any atom is -0.309 e. The number of amides is 1. The van der Waals surface area contributed by atoms with Gasteiger partial charge in [-0.1, -0.05) is 31.7 Å². The summed E-state index contributed by atoms with van der Waals surface area (Å²) in [5.41, 5.74) is 4.13. The molecule has 0 fully saturated rings. The van der Waals surface area contributed by atoms with Crippen molar-refractivity contribution in [2.45, 2.75) is 51.4 Å². The number of benzene rings is 1. The second-order valence-electron chi connectivity index (χ2n) is 7.09. The zero-order valence-corrected chi connectivity index (χ0v) is 18.7. The molecule has 0 aliphatic heterocycles. The van der Waals surface area contributed by atoms with E-state index in [4.69, 9.17) is 4.98 Å². The number of thiazole rings is 1. The van der Waals surface area contributed by atoms with Gasteiger partial charge in [0.1, 0.15) is 5.82 Å². The van der Waals surface area contributed by atoms with Crippen LogP contribution in [-0.2, 0) is 17.6 Å². The first-order valence-corrected chi connectivity index (χ1v) is 11.0. The molecule has 0 aliphatic rings. The van der Waals surface area contributed by atoms with Crippen LogP contribution in [0.25, 0.3) is 0 Å². The van der Waals surface area contributed by atoms with E-state index < -0.39 is 0 Å². The van der Waals surface area contributed by atoms with E-state index >= 15 is 0 Å². The highest BCUT2D eigenvalue weighted by Gasteiger charge is 2.19. The van der Waals surface area contributed by atoms with Crippen molar-refractivity contribution >= 4 is 39.8 Å². The average molecular weight is 416 g/mol. The van der Waals surface area contributed by atoms with Crippen molar-refractivity contribution in [3.8, 4) is 0 Å². The summed E-state index contributed by atoms with van der Waals surface area (Å²) in [5.74, 6) is 1.93. The minimum atomic E-state index is -0.0494. The minimum absolute atomic E-state index is 0.0494. The number of hydrogen-bond acceptors (Lipinski definition) is 6. The Kier molecular flexibility index (Phi) is 6.20. The van der Waals surface area contributed by atoms with Gasteiger partial charge in [-0.25, -0.2) is 4.98 Å². The number of thioether (sulfide) groups is 1. The Labute approximate surface area is 174 Å². The molecule has 0 N–H and O–H groups in total. The molecule has 0 unspecified atom stereocenters. The third-order valence-corrected chi connectivity index (χ3v) is 6.46.